The van der Waals surface area contributed by atoms with Gasteiger partial charge in [0.15, 0.2) is 0 Å². The predicted octanol–water partition coefficient (Wildman–Crippen LogP) is 6.41. The van der Waals surface area contributed by atoms with Gasteiger partial charge in [0.1, 0.15) is 16.9 Å². The molecule has 7 rings (SSSR count). The Balaban J connectivity index is 0.905. The van der Waals surface area contributed by atoms with Gasteiger partial charge in [-0.05, 0) is 72.1 Å². The van der Waals surface area contributed by atoms with E-state index >= 15 is 0 Å². The van der Waals surface area contributed by atoms with Gasteiger partial charge in [0.2, 0.25) is 11.8 Å². The van der Waals surface area contributed by atoms with Crippen LogP contribution in [0, 0.1) is 0 Å². The standard InChI is InChI=1S/C38H36F3N7O4S/c1-47(2)33-11-4-23(20-44-33)22-3-7-28(29(18-22)38(39,40)41)36-45-30-9-6-26(19-32(30)53-36)43-14-16-52-15-13-42-25-5-8-27-24(17-25)21-48(37(27)51)31-10-12-34(49)46-35(31)50/h3-9,11,17-20,31,42-43H,10,12-16,21H2,1-2H3,(H,46,49,50). The van der Waals surface area contributed by atoms with Crippen LogP contribution in [0.1, 0.15) is 34.3 Å². The average Bonchev–Trinajstić information content (AvgIpc) is 3.70. The van der Waals surface area contributed by atoms with Gasteiger partial charge in [-0.1, -0.05) is 12.1 Å². The number of anilines is 3. The molecular formula is C38H36F3N7O4S. The van der Waals surface area contributed by atoms with Crippen molar-refractivity contribution in [2.45, 2.75) is 31.6 Å². The van der Waals surface area contributed by atoms with Crippen molar-refractivity contribution in [1.29, 1.82) is 0 Å². The van der Waals surface area contributed by atoms with Crippen LogP contribution in [0.2, 0.25) is 0 Å². The van der Waals surface area contributed by atoms with Crippen LogP contribution in [0.15, 0.2) is 72.9 Å². The highest BCUT2D eigenvalue weighted by Crippen LogP contribution is 2.42. The molecule has 3 amide bonds. The Morgan fingerprint density at radius 3 is 2.34 bits per heavy atom. The SMILES string of the molecule is CN(C)c1ccc(-c2ccc(-c3nc4ccc(NCCOCCNc5ccc6c(c5)CN(C5CCC(=O)NC5=O)C6=O)cc4s3)c(C(F)(F)F)c2)cn1. The number of rotatable bonds is 12. The molecule has 1 fully saturated rings. The first-order valence-corrected chi connectivity index (χ1v) is 17.9. The van der Waals surface area contributed by atoms with Crippen LogP contribution >= 0.6 is 11.3 Å². The van der Waals surface area contributed by atoms with Gasteiger partial charge in [-0.25, -0.2) is 9.97 Å². The lowest BCUT2D eigenvalue weighted by molar-refractivity contribution is -0.138. The highest BCUT2D eigenvalue weighted by Gasteiger charge is 2.39. The van der Waals surface area contributed by atoms with Gasteiger partial charge in [0.05, 0.1) is 29.0 Å². The molecule has 0 radical (unpaired) electrons. The molecule has 4 heterocycles. The van der Waals surface area contributed by atoms with Crippen molar-refractivity contribution in [2.75, 3.05) is 55.9 Å². The molecule has 274 valence electrons. The molecule has 1 unspecified atom stereocenters. The third-order valence-electron chi connectivity index (χ3n) is 9.16. The van der Waals surface area contributed by atoms with E-state index in [1.54, 1.807) is 36.5 Å². The van der Waals surface area contributed by atoms with Gasteiger partial charge in [0, 0.05) is 74.4 Å². The molecular weight excluding hydrogens is 708 g/mol. The fourth-order valence-corrected chi connectivity index (χ4v) is 7.48. The maximum absolute atomic E-state index is 14.3. The fraction of sp³-hybridized carbons (Fsp3) is 0.289. The lowest BCUT2D eigenvalue weighted by atomic mass is 10.00. The summed E-state index contributed by atoms with van der Waals surface area (Å²) >= 11 is 1.20. The summed E-state index contributed by atoms with van der Waals surface area (Å²) < 4.78 is 49.4. The Bertz CT molecular complexity index is 2190. The summed E-state index contributed by atoms with van der Waals surface area (Å²) in [6, 6.07) is 18.1. The Morgan fingerprint density at radius 1 is 0.925 bits per heavy atom. The number of alkyl halides is 3. The largest absolute Gasteiger partial charge is 0.417 e. The summed E-state index contributed by atoms with van der Waals surface area (Å²) in [5, 5.41) is 9.19. The van der Waals surface area contributed by atoms with Crippen LogP contribution < -0.4 is 20.9 Å². The normalized spacial score (nSPS) is 15.8. The van der Waals surface area contributed by atoms with Crippen LogP contribution in [0.5, 0.6) is 0 Å². The van der Waals surface area contributed by atoms with Crippen molar-refractivity contribution in [3.05, 3.63) is 89.6 Å². The van der Waals surface area contributed by atoms with E-state index in [0.29, 0.717) is 67.3 Å². The van der Waals surface area contributed by atoms with Crippen molar-refractivity contribution in [3.8, 4) is 21.7 Å². The number of halogens is 3. The lowest BCUT2D eigenvalue weighted by Crippen LogP contribution is -2.52. The lowest BCUT2D eigenvalue weighted by Gasteiger charge is -2.29. The quantitative estimate of drug-likeness (QED) is 0.0981. The van der Waals surface area contributed by atoms with E-state index in [0.717, 1.165) is 27.7 Å². The number of fused-ring (bicyclic) bond motifs is 2. The number of carbonyl (C=O) groups is 3. The van der Waals surface area contributed by atoms with Crippen LogP contribution in [0.4, 0.5) is 30.4 Å². The van der Waals surface area contributed by atoms with Crippen LogP contribution in [-0.2, 0) is 27.0 Å². The second-order valence-corrected chi connectivity index (χ2v) is 14.0. The summed E-state index contributed by atoms with van der Waals surface area (Å²) in [5.41, 5.74) is 3.89. The summed E-state index contributed by atoms with van der Waals surface area (Å²) in [6.45, 7) is 2.19. The molecule has 1 saturated heterocycles. The monoisotopic (exact) mass is 743 g/mol. The number of carbonyl (C=O) groups excluding carboxylic acids is 3. The zero-order valence-electron chi connectivity index (χ0n) is 28.9. The van der Waals surface area contributed by atoms with E-state index in [1.807, 2.05) is 43.3 Å². The molecule has 3 N–H and O–H groups in total. The Morgan fingerprint density at radius 2 is 1.64 bits per heavy atom. The average molecular weight is 744 g/mol. The van der Waals surface area contributed by atoms with Crippen molar-refractivity contribution >= 4 is 56.5 Å². The molecule has 2 aliphatic rings. The summed E-state index contributed by atoms with van der Waals surface area (Å²) in [4.78, 5) is 48.9. The molecule has 1 atom stereocenters. The minimum absolute atomic E-state index is 0.0272. The number of thiazole rings is 1. The van der Waals surface area contributed by atoms with Gasteiger partial charge in [-0.3, -0.25) is 19.7 Å². The third-order valence-corrected chi connectivity index (χ3v) is 10.2. The minimum atomic E-state index is -4.58. The number of nitrogens with one attached hydrogen (secondary N) is 3. The number of hydrogen-bond acceptors (Lipinski definition) is 10. The number of nitrogens with zero attached hydrogens (tertiary/aromatic N) is 4. The maximum Gasteiger partial charge on any atom is 0.417 e. The van der Waals surface area contributed by atoms with Gasteiger partial charge in [-0.2, -0.15) is 13.2 Å². The topological polar surface area (TPSA) is 129 Å². The molecule has 5 aromatic rings. The number of ether oxygens (including phenoxy) is 1. The maximum atomic E-state index is 14.3. The van der Waals surface area contributed by atoms with E-state index in [2.05, 4.69) is 25.9 Å². The molecule has 0 bridgehead atoms. The molecule has 2 aliphatic heterocycles. The number of hydrogen-bond donors (Lipinski definition) is 3. The van der Waals surface area contributed by atoms with Crippen molar-refractivity contribution in [2.24, 2.45) is 0 Å². The zero-order chi connectivity index (χ0) is 37.3. The van der Waals surface area contributed by atoms with Gasteiger partial charge < -0.3 is 25.2 Å². The van der Waals surface area contributed by atoms with Gasteiger partial charge >= 0.3 is 6.18 Å². The number of imide groups is 1. The second-order valence-electron chi connectivity index (χ2n) is 13.0. The van der Waals surface area contributed by atoms with Gasteiger partial charge in [-0.15, -0.1) is 11.3 Å². The van der Waals surface area contributed by atoms with E-state index in [-0.39, 0.29) is 28.8 Å². The minimum Gasteiger partial charge on any atom is -0.383 e. The molecule has 0 aliphatic carbocycles. The molecule has 3 aromatic carbocycles. The molecule has 15 heteroatoms. The summed E-state index contributed by atoms with van der Waals surface area (Å²) in [7, 11) is 3.69. The van der Waals surface area contributed by atoms with E-state index < -0.39 is 23.7 Å². The Labute approximate surface area is 307 Å². The highest BCUT2D eigenvalue weighted by atomic mass is 32.1. The van der Waals surface area contributed by atoms with Crippen molar-refractivity contribution in [1.82, 2.24) is 20.2 Å². The third kappa shape index (κ3) is 7.81. The fourth-order valence-electron chi connectivity index (χ4n) is 6.44. The zero-order valence-corrected chi connectivity index (χ0v) is 29.7. The Kier molecular flexibility index (Phi) is 10.0. The first-order valence-electron chi connectivity index (χ1n) is 17.0. The van der Waals surface area contributed by atoms with E-state index in [4.69, 9.17) is 4.74 Å². The van der Waals surface area contributed by atoms with Crippen LogP contribution in [0.25, 0.3) is 31.9 Å². The number of piperidine rings is 1. The molecule has 53 heavy (non-hydrogen) atoms. The summed E-state index contributed by atoms with van der Waals surface area (Å²) in [6.07, 6.45) is -2.48. The molecule has 0 spiro atoms. The summed E-state index contributed by atoms with van der Waals surface area (Å²) in [5.74, 6) is -0.262. The first kappa shape index (κ1) is 35.8. The van der Waals surface area contributed by atoms with Crippen molar-refractivity contribution < 1.29 is 32.3 Å². The van der Waals surface area contributed by atoms with E-state index in [1.165, 1.54) is 22.3 Å². The molecule has 11 nitrogen and oxygen atoms in total. The highest BCUT2D eigenvalue weighted by molar-refractivity contribution is 7.21. The smallest absolute Gasteiger partial charge is 0.383 e. The number of pyridine rings is 1. The first-order chi connectivity index (χ1) is 25.4. The van der Waals surface area contributed by atoms with Crippen molar-refractivity contribution in [3.63, 3.8) is 0 Å². The number of benzene rings is 3. The van der Waals surface area contributed by atoms with Gasteiger partial charge in [0.25, 0.3) is 5.91 Å². The molecule has 0 saturated carbocycles. The Hall–Kier alpha value is -5.54. The number of amides is 3. The van der Waals surface area contributed by atoms with Crippen LogP contribution in [-0.4, -0.2) is 79.0 Å². The van der Waals surface area contributed by atoms with Crippen LogP contribution in [0.3, 0.4) is 0 Å². The second kappa shape index (κ2) is 14.8. The molecule has 2 aromatic heterocycles. The predicted molar refractivity (Wildman–Crippen MR) is 198 cm³/mol. The number of aromatic nitrogens is 2. The van der Waals surface area contributed by atoms with E-state index in [9.17, 15) is 27.6 Å².